The van der Waals surface area contributed by atoms with Crippen molar-refractivity contribution >= 4 is 11.6 Å². The zero-order valence-electron chi connectivity index (χ0n) is 14.9. The molecule has 0 aliphatic rings. The van der Waals surface area contributed by atoms with Crippen LogP contribution in [0.4, 0.5) is 10.1 Å². The largest absolute Gasteiger partial charge is 0.493 e. The molecule has 0 unspecified atom stereocenters. The first-order valence-corrected chi connectivity index (χ1v) is 7.89. The fourth-order valence-electron chi connectivity index (χ4n) is 2.59. The number of rotatable bonds is 7. The van der Waals surface area contributed by atoms with Crippen molar-refractivity contribution in [3.63, 3.8) is 0 Å². The van der Waals surface area contributed by atoms with E-state index in [1.807, 2.05) is 37.1 Å². The van der Waals surface area contributed by atoms with E-state index >= 15 is 0 Å². The molecule has 0 saturated heterocycles. The van der Waals surface area contributed by atoms with Crippen LogP contribution in [0.25, 0.3) is 0 Å². The molecule has 0 bridgehead atoms. The van der Waals surface area contributed by atoms with E-state index in [2.05, 4.69) is 5.32 Å². The normalized spacial score (nSPS) is 10.6. The third-order valence-electron chi connectivity index (χ3n) is 3.81. The van der Waals surface area contributed by atoms with Gasteiger partial charge in [0.05, 0.1) is 20.8 Å². The SMILES string of the molecule is COc1cccc(CN(C)CC(=O)Nc2cc(F)ccc2C)c1OC. The van der Waals surface area contributed by atoms with Gasteiger partial charge in [-0.15, -0.1) is 0 Å². The summed E-state index contributed by atoms with van der Waals surface area (Å²) in [6.07, 6.45) is 0. The van der Waals surface area contributed by atoms with Crippen molar-refractivity contribution in [2.75, 3.05) is 33.1 Å². The summed E-state index contributed by atoms with van der Waals surface area (Å²) < 4.78 is 24.0. The molecule has 2 aromatic rings. The van der Waals surface area contributed by atoms with Crippen molar-refractivity contribution in [1.29, 1.82) is 0 Å². The van der Waals surface area contributed by atoms with Gasteiger partial charge in [0.2, 0.25) is 5.91 Å². The van der Waals surface area contributed by atoms with Crippen LogP contribution < -0.4 is 14.8 Å². The number of benzene rings is 2. The van der Waals surface area contributed by atoms with Crippen LogP contribution in [-0.2, 0) is 11.3 Å². The van der Waals surface area contributed by atoms with Crippen LogP contribution in [0, 0.1) is 12.7 Å². The number of carbonyl (C=O) groups excluding carboxylic acids is 1. The molecule has 2 rings (SSSR count). The van der Waals surface area contributed by atoms with E-state index in [0.717, 1.165) is 11.1 Å². The third-order valence-corrected chi connectivity index (χ3v) is 3.81. The Morgan fingerprint density at radius 1 is 1.20 bits per heavy atom. The minimum atomic E-state index is -0.379. The van der Waals surface area contributed by atoms with Gasteiger partial charge in [-0.3, -0.25) is 9.69 Å². The number of aryl methyl sites for hydroxylation is 1. The summed E-state index contributed by atoms with van der Waals surface area (Å²) in [5, 5.41) is 2.74. The Morgan fingerprint density at radius 3 is 2.64 bits per heavy atom. The summed E-state index contributed by atoms with van der Waals surface area (Å²) in [6, 6.07) is 9.94. The van der Waals surface area contributed by atoms with E-state index in [1.165, 1.54) is 12.1 Å². The molecular formula is C19H23FN2O3. The molecule has 0 fully saturated rings. The molecule has 25 heavy (non-hydrogen) atoms. The minimum absolute atomic E-state index is 0.163. The maximum absolute atomic E-state index is 13.3. The molecule has 0 aliphatic carbocycles. The van der Waals surface area contributed by atoms with Crippen molar-refractivity contribution in [1.82, 2.24) is 4.90 Å². The average Bonchev–Trinajstić information content (AvgIpc) is 2.57. The average molecular weight is 346 g/mol. The fourth-order valence-corrected chi connectivity index (χ4v) is 2.59. The predicted molar refractivity (Wildman–Crippen MR) is 95.6 cm³/mol. The molecular weight excluding hydrogens is 323 g/mol. The van der Waals surface area contributed by atoms with Crippen molar-refractivity contribution in [3.8, 4) is 11.5 Å². The van der Waals surface area contributed by atoms with Crippen LogP contribution in [0.2, 0.25) is 0 Å². The van der Waals surface area contributed by atoms with Gasteiger partial charge in [-0.25, -0.2) is 4.39 Å². The second-order valence-electron chi connectivity index (χ2n) is 5.83. The maximum Gasteiger partial charge on any atom is 0.238 e. The van der Waals surface area contributed by atoms with Crippen molar-refractivity contribution < 1.29 is 18.7 Å². The Labute approximate surface area is 147 Å². The molecule has 0 aliphatic heterocycles. The summed E-state index contributed by atoms with van der Waals surface area (Å²) in [5.41, 5.74) is 2.21. The number of amides is 1. The lowest BCUT2D eigenvalue weighted by molar-refractivity contribution is -0.117. The van der Waals surface area contributed by atoms with E-state index in [-0.39, 0.29) is 18.3 Å². The lowest BCUT2D eigenvalue weighted by atomic mass is 10.1. The molecule has 6 heteroatoms. The monoisotopic (exact) mass is 346 g/mol. The van der Waals surface area contributed by atoms with Gasteiger partial charge in [-0.05, 0) is 37.7 Å². The summed E-state index contributed by atoms with van der Waals surface area (Å²) >= 11 is 0. The molecule has 0 saturated carbocycles. The maximum atomic E-state index is 13.3. The number of anilines is 1. The van der Waals surface area contributed by atoms with Gasteiger partial charge < -0.3 is 14.8 Å². The van der Waals surface area contributed by atoms with Crippen LogP contribution in [0.15, 0.2) is 36.4 Å². The van der Waals surface area contributed by atoms with Crippen LogP contribution in [0.5, 0.6) is 11.5 Å². The highest BCUT2D eigenvalue weighted by molar-refractivity contribution is 5.92. The summed E-state index contributed by atoms with van der Waals surface area (Å²) in [4.78, 5) is 14.1. The highest BCUT2D eigenvalue weighted by Crippen LogP contribution is 2.31. The number of hydrogen-bond donors (Lipinski definition) is 1. The Morgan fingerprint density at radius 2 is 1.96 bits per heavy atom. The molecule has 0 spiro atoms. The molecule has 0 atom stereocenters. The van der Waals surface area contributed by atoms with E-state index in [1.54, 1.807) is 20.3 Å². The number of methoxy groups -OCH3 is 2. The first-order chi connectivity index (χ1) is 11.9. The molecule has 1 amide bonds. The van der Waals surface area contributed by atoms with E-state index in [9.17, 15) is 9.18 Å². The highest BCUT2D eigenvalue weighted by Gasteiger charge is 2.14. The highest BCUT2D eigenvalue weighted by atomic mass is 19.1. The van der Waals surface area contributed by atoms with Crippen molar-refractivity contribution in [2.45, 2.75) is 13.5 Å². The topological polar surface area (TPSA) is 50.8 Å². The number of likely N-dealkylation sites (N-methyl/N-ethyl adjacent to an activating group) is 1. The molecule has 5 nitrogen and oxygen atoms in total. The summed E-state index contributed by atoms with van der Waals surface area (Å²) in [6.45, 7) is 2.49. The smallest absolute Gasteiger partial charge is 0.238 e. The third kappa shape index (κ3) is 4.93. The fraction of sp³-hybridized carbons (Fsp3) is 0.316. The summed E-state index contributed by atoms with van der Waals surface area (Å²) in [7, 11) is 5.00. The molecule has 2 aromatic carbocycles. The number of carbonyl (C=O) groups is 1. The van der Waals surface area contributed by atoms with Gasteiger partial charge in [-0.1, -0.05) is 18.2 Å². The van der Waals surface area contributed by atoms with Crippen LogP contribution in [0.3, 0.4) is 0 Å². The standard InChI is InChI=1S/C19H23FN2O3/c1-13-8-9-15(20)10-16(13)21-18(23)12-22(2)11-14-6-5-7-17(24-3)19(14)25-4/h5-10H,11-12H2,1-4H3,(H,21,23). The Kier molecular flexibility index (Phi) is 6.36. The van der Waals surface area contributed by atoms with Gasteiger partial charge >= 0.3 is 0 Å². The minimum Gasteiger partial charge on any atom is -0.493 e. The number of ether oxygens (including phenoxy) is 2. The van der Waals surface area contributed by atoms with Gasteiger partial charge in [0.1, 0.15) is 5.82 Å². The second-order valence-corrected chi connectivity index (χ2v) is 5.83. The predicted octanol–water partition coefficient (Wildman–Crippen LogP) is 3.22. The van der Waals surface area contributed by atoms with Crippen molar-refractivity contribution in [2.24, 2.45) is 0 Å². The summed E-state index contributed by atoms with van der Waals surface area (Å²) in [5.74, 6) is 0.708. The molecule has 0 heterocycles. The van der Waals surface area contributed by atoms with Gasteiger partial charge in [0.15, 0.2) is 11.5 Å². The Hall–Kier alpha value is -2.60. The van der Waals surface area contributed by atoms with Crippen LogP contribution in [-0.4, -0.2) is 38.6 Å². The zero-order chi connectivity index (χ0) is 18.4. The van der Waals surface area contributed by atoms with Crippen LogP contribution in [0.1, 0.15) is 11.1 Å². The lowest BCUT2D eigenvalue weighted by Gasteiger charge is -2.19. The molecule has 134 valence electrons. The van der Waals surface area contributed by atoms with Gasteiger partial charge in [0, 0.05) is 17.8 Å². The van der Waals surface area contributed by atoms with Gasteiger partial charge in [0.25, 0.3) is 0 Å². The van der Waals surface area contributed by atoms with E-state index in [0.29, 0.717) is 23.7 Å². The van der Waals surface area contributed by atoms with E-state index < -0.39 is 0 Å². The Balaban J connectivity index is 2.01. The van der Waals surface area contributed by atoms with Crippen LogP contribution >= 0.6 is 0 Å². The quantitative estimate of drug-likeness (QED) is 0.836. The number of hydrogen-bond acceptors (Lipinski definition) is 4. The number of nitrogens with zero attached hydrogens (tertiary/aromatic N) is 1. The zero-order valence-corrected chi connectivity index (χ0v) is 14.9. The van der Waals surface area contributed by atoms with E-state index in [4.69, 9.17) is 9.47 Å². The first kappa shape index (κ1) is 18.7. The number of halogens is 1. The van der Waals surface area contributed by atoms with Gasteiger partial charge in [-0.2, -0.15) is 0 Å². The Bertz CT molecular complexity index is 749. The number of para-hydroxylation sites is 1. The molecule has 0 radical (unpaired) electrons. The lowest BCUT2D eigenvalue weighted by Crippen LogP contribution is -2.30. The van der Waals surface area contributed by atoms with Crippen molar-refractivity contribution in [3.05, 3.63) is 53.3 Å². The molecule has 1 N–H and O–H groups in total. The number of nitrogens with one attached hydrogen (secondary N) is 1. The second kappa shape index (κ2) is 8.48. The molecule has 0 aromatic heterocycles. The first-order valence-electron chi connectivity index (χ1n) is 7.89.